The summed E-state index contributed by atoms with van der Waals surface area (Å²) in [5.74, 6) is -0.754. The van der Waals surface area contributed by atoms with E-state index in [1.54, 1.807) is 11.0 Å². The molecule has 152 valence electrons. The Bertz CT molecular complexity index is 1050. The zero-order chi connectivity index (χ0) is 20.7. The quantitative estimate of drug-likeness (QED) is 0.827. The molecular formula is C24H23N3O3. The Hall–Kier alpha value is -3.28. The van der Waals surface area contributed by atoms with Gasteiger partial charge < -0.3 is 10.2 Å². The minimum absolute atomic E-state index is 0.0203. The minimum Gasteiger partial charge on any atom is -0.325 e. The number of nitrogens with zero attached hydrogens (tertiary/aromatic N) is 2. The molecule has 6 heteroatoms. The van der Waals surface area contributed by atoms with Crippen molar-refractivity contribution in [3.63, 3.8) is 0 Å². The third-order valence-corrected chi connectivity index (χ3v) is 6.30. The molecule has 30 heavy (non-hydrogen) atoms. The molecule has 3 amide bonds. The summed E-state index contributed by atoms with van der Waals surface area (Å²) in [5, 5.41) is 2.98. The maximum absolute atomic E-state index is 12.8. The summed E-state index contributed by atoms with van der Waals surface area (Å²) in [4.78, 5) is 43.5. The number of allylic oxidation sites excluding steroid dienone is 3. The van der Waals surface area contributed by atoms with E-state index in [1.165, 1.54) is 5.57 Å². The van der Waals surface area contributed by atoms with Crippen molar-refractivity contribution in [2.24, 2.45) is 16.8 Å². The third kappa shape index (κ3) is 3.32. The Morgan fingerprint density at radius 1 is 1.10 bits per heavy atom. The number of rotatable bonds is 2. The Labute approximate surface area is 175 Å². The monoisotopic (exact) mass is 401 g/mol. The van der Waals surface area contributed by atoms with Crippen LogP contribution in [0, 0.1) is 11.8 Å². The van der Waals surface area contributed by atoms with Crippen molar-refractivity contribution in [2.45, 2.75) is 32.1 Å². The summed E-state index contributed by atoms with van der Waals surface area (Å²) < 4.78 is 0. The van der Waals surface area contributed by atoms with Crippen molar-refractivity contribution in [1.29, 1.82) is 0 Å². The average molecular weight is 401 g/mol. The lowest BCUT2D eigenvalue weighted by Gasteiger charge is -2.33. The van der Waals surface area contributed by atoms with Gasteiger partial charge in [0, 0.05) is 35.8 Å². The van der Waals surface area contributed by atoms with E-state index in [-0.39, 0.29) is 30.1 Å². The number of anilines is 1. The van der Waals surface area contributed by atoms with Crippen molar-refractivity contribution in [1.82, 2.24) is 5.32 Å². The number of nitrogens with one attached hydrogen (secondary N) is 1. The second-order valence-electron chi connectivity index (χ2n) is 8.22. The van der Waals surface area contributed by atoms with Gasteiger partial charge in [-0.05, 0) is 55.5 Å². The van der Waals surface area contributed by atoms with Gasteiger partial charge in [0.15, 0.2) is 0 Å². The SMILES string of the molecule is O=C1NC2=CC(=NC(=O)C3CC(=O)N(c4ccccc4)C3)C=CC2C2=C1CCCC2. The highest BCUT2D eigenvalue weighted by Gasteiger charge is 2.36. The molecule has 0 spiro atoms. The van der Waals surface area contributed by atoms with Crippen LogP contribution in [0.15, 0.2) is 70.4 Å². The summed E-state index contributed by atoms with van der Waals surface area (Å²) in [7, 11) is 0. The third-order valence-electron chi connectivity index (χ3n) is 6.30. The van der Waals surface area contributed by atoms with Crippen LogP contribution in [0.4, 0.5) is 5.69 Å². The number of carbonyl (C=O) groups excluding carboxylic acids is 3. The Morgan fingerprint density at radius 2 is 1.90 bits per heavy atom. The predicted molar refractivity (Wildman–Crippen MR) is 114 cm³/mol. The summed E-state index contributed by atoms with van der Waals surface area (Å²) >= 11 is 0. The summed E-state index contributed by atoms with van der Waals surface area (Å²) in [6, 6.07) is 9.37. The maximum Gasteiger partial charge on any atom is 0.251 e. The number of fused-ring (bicyclic) bond motifs is 2. The summed E-state index contributed by atoms with van der Waals surface area (Å²) in [6.45, 7) is 0.342. The molecule has 1 N–H and O–H groups in total. The maximum atomic E-state index is 12.8. The molecule has 0 aromatic heterocycles. The van der Waals surface area contributed by atoms with Crippen molar-refractivity contribution >= 4 is 29.1 Å². The minimum atomic E-state index is -0.455. The van der Waals surface area contributed by atoms with Crippen molar-refractivity contribution in [3.05, 3.63) is 65.4 Å². The first-order valence-corrected chi connectivity index (χ1v) is 10.5. The van der Waals surface area contributed by atoms with Crippen LogP contribution in [0.2, 0.25) is 0 Å². The largest absolute Gasteiger partial charge is 0.325 e. The van der Waals surface area contributed by atoms with Gasteiger partial charge in [0.05, 0.1) is 11.6 Å². The second-order valence-corrected chi connectivity index (χ2v) is 8.22. The van der Waals surface area contributed by atoms with Crippen LogP contribution in [0.5, 0.6) is 0 Å². The molecule has 2 heterocycles. The number of benzene rings is 1. The van der Waals surface area contributed by atoms with Crippen molar-refractivity contribution < 1.29 is 14.4 Å². The molecule has 1 aromatic rings. The molecule has 2 atom stereocenters. The van der Waals surface area contributed by atoms with Gasteiger partial charge in [-0.3, -0.25) is 14.4 Å². The van der Waals surface area contributed by atoms with Gasteiger partial charge >= 0.3 is 0 Å². The lowest BCUT2D eigenvalue weighted by Crippen LogP contribution is -2.37. The highest BCUT2D eigenvalue weighted by Crippen LogP contribution is 2.38. The number of para-hydroxylation sites is 1. The van der Waals surface area contributed by atoms with Gasteiger partial charge in [0.2, 0.25) is 5.91 Å². The van der Waals surface area contributed by atoms with Gasteiger partial charge in [0.1, 0.15) is 0 Å². The highest BCUT2D eigenvalue weighted by atomic mass is 16.2. The summed E-state index contributed by atoms with van der Waals surface area (Å²) in [5.41, 5.74) is 4.25. The van der Waals surface area contributed by atoms with Gasteiger partial charge in [-0.2, -0.15) is 0 Å². The zero-order valence-corrected chi connectivity index (χ0v) is 16.6. The van der Waals surface area contributed by atoms with Crippen molar-refractivity contribution in [3.8, 4) is 0 Å². The van der Waals surface area contributed by atoms with Crippen molar-refractivity contribution in [2.75, 3.05) is 11.4 Å². The van der Waals surface area contributed by atoms with E-state index in [2.05, 4.69) is 10.3 Å². The molecule has 1 aromatic carbocycles. The fraction of sp³-hybridized carbons (Fsp3) is 0.333. The zero-order valence-electron chi connectivity index (χ0n) is 16.6. The van der Waals surface area contributed by atoms with E-state index in [0.29, 0.717) is 12.3 Å². The number of aliphatic imine (C=N–C) groups is 1. The average Bonchev–Trinajstić information content (AvgIpc) is 3.16. The molecule has 0 saturated carbocycles. The number of hydrogen-bond acceptors (Lipinski definition) is 3. The molecule has 0 radical (unpaired) electrons. The van der Waals surface area contributed by atoms with Gasteiger partial charge in [-0.15, -0.1) is 0 Å². The van der Waals surface area contributed by atoms with E-state index >= 15 is 0 Å². The lowest BCUT2D eigenvalue weighted by molar-refractivity contribution is -0.123. The fourth-order valence-electron chi connectivity index (χ4n) is 4.77. The van der Waals surface area contributed by atoms with E-state index in [9.17, 15) is 14.4 Å². The first-order valence-electron chi connectivity index (χ1n) is 10.5. The molecule has 6 nitrogen and oxygen atoms in total. The molecule has 5 rings (SSSR count). The smallest absolute Gasteiger partial charge is 0.251 e. The van der Waals surface area contributed by atoms with Gasteiger partial charge in [-0.25, -0.2) is 4.99 Å². The van der Waals surface area contributed by atoms with Crippen LogP contribution in [0.1, 0.15) is 32.1 Å². The fourth-order valence-corrected chi connectivity index (χ4v) is 4.77. The molecule has 2 aliphatic carbocycles. The number of hydrogen-bond donors (Lipinski definition) is 1. The van der Waals surface area contributed by atoms with Crippen LogP contribution in [-0.2, 0) is 14.4 Å². The molecular weight excluding hydrogens is 378 g/mol. The van der Waals surface area contributed by atoms with Crippen LogP contribution in [0.25, 0.3) is 0 Å². The van der Waals surface area contributed by atoms with Gasteiger partial charge in [0.25, 0.3) is 11.8 Å². The molecule has 1 saturated heterocycles. The van der Waals surface area contributed by atoms with E-state index in [1.807, 2.05) is 42.5 Å². The molecule has 2 aliphatic heterocycles. The van der Waals surface area contributed by atoms with Crippen LogP contribution >= 0.6 is 0 Å². The lowest BCUT2D eigenvalue weighted by atomic mass is 9.77. The highest BCUT2D eigenvalue weighted by molar-refractivity contribution is 6.13. The Balaban J connectivity index is 1.33. The standard InChI is InChI=1S/C24H23N3O3/c28-22-12-15(14-27(22)17-6-2-1-3-7-17)23(29)25-16-10-11-19-18-8-4-5-9-20(18)24(30)26-21(19)13-16/h1-3,6-7,10-11,13,15,19H,4-5,8-9,12,14H2,(H,26,30). The van der Waals surface area contributed by atoms with Crippen LogP contribution < -0.4 is 10.2 Å². The van der Waals surface area contributed by atoms with Gasteiger partial charge in [-0.1, -0.05) is 24.3 Å². The first kappa shape index (κ1) is 18.7. The molecule has 2 unspecified atom stereocenters. The Kier molecular flexibility index (Phi) is 4.69. The normalized spacial score (nSPS) is 27.0. The van der Waals surface area contributed by atoms with E-state index < -0.39 is 5.92 Å². The predicted octanol–water partition coefficient (Wildman–Crippen LogP) is 3.08. The first-order chi connectivity index (χ1) is 14.6. The second kappa shape index (κ2) is 7.52. The Morgan fingerprint density at radius 3 is 2.73 bits per heavy atom. The van der Waals surface area contributed by atoms with E-state index in [0.717, 1.165) is 42.6 Å². The van der Waals surface area contributed by atoms with E-state index in [4.69, 9.17) is 0 Å². The number of carbonyl (C=O) groups is 3. The van der Waals surface area contributed by atoms with Crippen LogP contribution in [0.3, 0.4) is 0 Å². The molecule has 0 bridgehead atoms. The number of amides is 3. The molecule has 1 fully saturated rings. The summed E-state index contributed by atoms with van der Waals surface area (Å²) in [6.07, 6.45) is 9.79. The topological polar surface area (TPSA) is 78.8 Å². The molecule has 4 aliphatic rings. The van der Waals surface area contributed by atoms with Crippen LogP contribution in [-0.4, -0.2) is 30.0 Å².